The molecule has 0 radical (unpaired) electrons. The molecule has 0 aromatic heterocycles. The number of benzene rings is 1. The van der Waals surface area contributed by atoms with E-state index in [2.05, 4.69) is 0 Å². The Bertz CT molecular complexity index is 331. The summed E-state index contributed by atoms with van der Waals surface area (Å²) in [6.45, 7) is 3.37. The number of carbonyl (C=O) groups is 1. The van der Waals surface area contributed by atoms with E-state index in [1.165, 1.54) is 13.0 Å². The lowest BCUT2D eigenvalue weighted by Gasteiger charge is -2.01. The Hall–Kier alpha value is -1.57. The number of phenols is 1. The molecule has 1 rings (SSSR count). The number of allylic oxidation sites excluding steroid dienone is 1. The summed E-state index contributed by atoms with van der Waals surface area (Å²) in [6.07, 6.45) is 3.08. The number of carbonyl (C=O) groups excluding carboxylic acids is 1. The summed E-state index contributed by atoms with van der Waals surface area (Å²) in [4.78, 5) is 10.7. The van der Waals surface area contributed by atoms with Crippen molar-refractivity contribution in [1.29, 1.82) is 0 Å². The fraction of sp³-hybridized carbons (Fsp3) is 0.182. The number of ketones is 1. The van der Waals surface area contributed by atoms with Crippen molar-refractivity contribution in [3.8, 4) is 5.75 Å². The summed E-state index contributed by atoms with van der Waals surface area (Å²) in [5, 5.41) is 9.44. The standard InChI is InChI=1S/C11H12O2/c1-8-4-3-5-11(13)10(8)7-6-9(2)12/h3-7,13H,1-2H3/b7-6+. The molecule has 0 spiro atoms. The predicted molar refractivity (Wildman–Crippen MR) is 52.6 cm³/mol. The Morgan fingerprint density at radius 2 is 2.15 bits per heavy atom. The first-order valence-electron chi connectivity index (χ1n) is 4.08. The van der Waals surface area contributed by atoms with Crippen LogP contribution in [0, 0.1) is 6.92 Å². The number of rotatable bonds is 2. The third-order valence-corrected chi connectivity index (χ3v) is 1.79. The molecule has 0 atom stereocenters. The minimum absolute atomic E-state index is 0.0253. The smallest absolute Gasteiger partial charge is 0.152 e. The molecule has 0 aliphatic carbocycles. The van der Waals surface area contributed by atoms with Crippen LogP contribution in [0.3, 0.4) is 0 Å². The highest BCUT2D eigenvalue weighted by Crippen LogP contribution is 2.21. The van der Waals surface area contributed by atoms with Gasteiger partial charge in [0.15, 0.2) is 5.78 Å². The quantitative estimate of drug-likeness (QED) is 0.702. The van der Waals surface area contributed by atoms with Crippen LogP contribution in [0.4, 0.5) is 0 Å². The van der Waals surface area contributed by atoms with Gasteiger partial charge in [0.2, 0.25) is 0 Å². The summed E-state index contributed by atoms with van der Waals surface area (Å²) in [7, 11) is 0. The molecule has 2 heteroatoms. The molecular weight excluding hydrogens is 164 g/mol. The van der Waals surface area contributed by atoms with Gasteiger partial charge in [0.25, 0.3) is 0 Å². The molecular formula is C11H12O2. The highest BCUT2D eigenvalue weighted by Gasteiger charge is 1.99. The van der Waals surface area contributed by atoms with Crippen molar-refractivity contribution in [2.75, 3.05) is 0 Å². The second-order valence-electron chi connectivity index (χ2n) is 2.95. The molecule has 0 bridgehead atoms. The number of phenolic OH excluding ortho intramolecular Hbond substituents is 1. The lowest BCUT2D eigenvalue weighted by atomic mass is 10.1. The molecule has 13 heavy (non-hydrogen) atoms. The normalized spacial score (nSPS) is 10.6. The Kier molecular flexibility index (Phi) is 2.85. The first-order valence-corrected chi connectivity index (χ1v) is 4.08. The molecule has 0 saturated heterocycles. The van der Waals surface area contributed by atoms with Crippen LogP contribution >= 0.6 is 0 Å². The van der Waals surface area contributed by atoms with Crippen LogP contribution in [-0.2, 0) is 4.79 Å². The number of hydrogen-bond acceptors (Lipinski definition) is 2. The van der Waals surface area contributed by atoms with Gasteiger partial charge in [0.05, 0.1) is 0 Å². The zero-order valence-corrected chi connectivity index (χ0v) is 7.74. The van der Waals surface area contributed by atoms with Crippen LogP contribution < -0.4 is 0 Å². The Morgan fingerprint density at radius 1 is 1.46 bits per heavy atom. The summed E-state index contributed by atoms with van der Waals surface area (Å²) in [6, 6.07) is 5.27. The second-order valence-corrected chi connectivity index (χ2v) is 2.95. The maximum Gasteiger partial charge on any atom is 0.152 e. The highest BCUT2D eigenvalue weighted by molar-refractivity contribution is 5.92. The molecule has 0 saturated carbocycles. The van der Waals surface area contributed by atoms with Gasteiger partial charge < -0.3 is 5.11 Å². The largest absolute Gasteiger partial charge is 0.507 e. The Morgan fingerprint density at radius 3 is 2.69 bits per heavy atom. The highest BCUT2D eigenvalue weighted by atomic mass is 16.3. The third-order valence-electron chi connectivity index (χ3n) is 1.79. The van der Waals surface area contributed by atoms with Gasteiger partial charge in [-0.1, -0.05) is 12.1 Å². The van der Waals surface area contributed by atoms with Gasteiger partial charge in [-0.15, -0.1) is 0 Å². The van der Waals surface area contributed by atoms with E-state index in [1.807, 2.05) is 13.0 Å². The van der Waals surface area contributed by atoms with E-state index < -0.39 is 0 Å². The van der Waals surface area contributed by atoms with Crippen LogP contribution in [0.25, 0.3) is 6.08 Å². The lowest BCUT2D eigenvalue weighted by molar-refractivity contribution is -0.112. The van der Waals surface area contributed by atoms with Crippen molar-refractivity contribution in [2.45, 2.75) is 13.8 Å². The fourth-order valence-electron chi connectivity index (χ4n) is 1.08. The van der Waals surface area contributed by atoms with Crippen molar-refractivity contribution >= 4 is 11.9 Å². The first kappa shape index (κ1) is 9.52. The Balaban J connectivity index is 3.06. The van der Waals surface area contributed by atoms with E-state index in [9.17, 15) is 9.90 Å². The van der Waals surface area contributed by atoms with Gasteiger partial charge in [-0.25, -0.2) is 0 Å². The van der Waals surface area contributed by atoms with E-state index in [-0.39, 0.29) is 11.5 Å². The van der Waals surface area contributed by atoms with Crippen LogP contribution in [0.5, 0.6) is 5.75 Å². The summed E-state index contributed by atoms with van der Waals surface area (Å²) in [5.74, 6) is 0.181. The van der Waals surface area contributed by atoms with Gasteiger partial charge in [-0.3, -0.25) is 4.79 Å². The average Bonchev–Trinajstić information content (AvgIpc) is 2.03. The van der Waals surface area contributed by atoms with Gasteiger partial charge in [0.1, 0.15) is 5.75 Å². The zero-order chi connectivity index (χ0) is 9.84. The van der Waals surface area contributed by atoms with Crippen molar-refractivity contribution in [3.63, 3.8) is 0 Å². The molecule has 0 fully saturated rings. The van der Waals surface area contributed by atoms with Crippen molar-refractivity contribution in [2.24, 2.45) is 0 Å². The SMILES string of the molecule is CC(=O)/C=C/c1c(C)cccc1O. The predicted octanol–water partition coefficient (Wildman–Crippen LogP) is 2.30. The molecule has 0 unspecified atom stereocenters. The first-order chi connectivity index (χ1) is 6.11. The molecule has 2 nitrogen and oxygen atoms in total. The molecule has 0 aliphatic rings. The van der Waals surface area contributed by atoms with Gasteiger partial charge in [-0.2, -0.15) is 0 Å². The molecule has 0 amide bonds. The van der Waals surface area contributed by atoms with E-state index in [0.29, 0.717) is 5.56 Å². The molecule has 0 aliphatic heterocycles. The van der Waals surface area contributed by atoms with E-state index in [1.54, 1.807) is 18.2 Å². The molecule has 68 valence electrons. The summed E-state index contributed by atoms with van der Waals surface area (Å²) in [5.41, 5.74) is 1.66. The van der Waals surface area contributed by atoms with Gasteiger partial charge in [-0.05, 0) is 37.6 Å². The number of hydrogen-bond donors (Lipinski definition) is 1. The lowest BCUT2D eigenvalue weighted by Crippen LogP contribution is -1.84. The van der Waals surface area contributed by atoms with Crippen LogP contribution in [0.2, 0.25) is 0 Å². The monoisotopic (exact) mass is 176 g/mol. The number of aryl methyl sites for hydroxylation is 1. The van der Waals surface area contributed by atoms with Crippen LogP contribution in [0.15, 0.2) is 24.3 Å². The Labute approximate surface area is 77.5 Å². The maximum atomic E-state index is 10.7. The minimum atomic E-state index is -0.0253. The summed E-state index contributed by atoms with van der Waals surface area (Å²) < 4.78 is 0. The van der Waals surface area contributed by atoms with E-state index in [4.69, 9.17) is 0 Å². The topological polar surface area (TPSA) is 37.3 Å². The van der Waals surface area contributed by atoms with Crippen LogP contribution in [0.1, 0.15) is 18.1 Å². The average molecular weight is 176 g/mol. The van der Waals surface area contributed by atoms with Crippen molar-refractivity contribution in [3.05, 3.63) is 35.4 Å². The maximum absolute atomic E-state index is 10.7. The molecule has 0 heterocycles. The van der Waals surface area contributed by atoms with E-state index >= 15 is 0 Å². The third kappa shape index (κ3) is 2.44. The summed E-state index contributed by atoms with van der Waals surface area (Å²) >= 11 is 0. The van der Waals surface area contributed by atoms with Crippen molar-refractivity contribution < 1.29 is 9.90 Å². The molecule has 1 N–H and O–H groups in total. The number of aromatic hydroxyl groups is 1. The van der Waals surface area contributed by atoms with E-state index in [0.717, 1.165) is 5.56 Å². The molecule has 1 aromatic rings. The van der Waals surface area contributed by atoms with Gasteiger partial charge >= 0.3 is 0 Å². The van der Waals surface area contributed by atoms with Crippen LogP contribution in [-0.4, -0.2) is 10.9 Å². The van der Waals surface area contributed by atoms with Crippen molar-refractivity contribution in [1.82, 2.24) is 0 Å². The minimum Gasteiger partial charge on any atom is -0.507 e. The molecule has 1 aromatic carbocycles. The second kappa shape index (κ2) is 3.90. The zero-order valence-electron chi connectivity index (χ0n) is 7.74. The van der Waals surface area contributed by atoms with Gasteiger partial charge in [0, 0.05) is 5.56 Å². The fourth-order valence-corrected chi connectivity index (χ4v) is 1.08.